The molecule has 0 bridgehead atoms. The topological polar surface area (TPSA) is 89.3 Å². The average molecular weight is 465 g/mol. The monoisotopic (exact) mass is 464 g/mol. The van der Waals surface area contributed by atoms with Gasteiger partial charge in [0.1, 0.15) is 18.3 Å². The number of methoxy groups -OCH3 is 1. The Labute approximate surface area is 187 Å². The van der Waals surface area contributed by atoms with E-state index in [1.807, 2.05) is 22.9 Å². The molecule has 0 aliphatic heterocycles. The summed E-state index contributed by atoms with van der Waals surface area (Å²) in [7, 11) is 1.51. The van der Waals surface area contributed by atoms with Gasteiger partial charge in [-0.05, 0) is 24.6 Å². The number of aromatic nitrogens is 3. The lowest BCUT2D eigenvalue weighted by Gasteiger charge is -2.18. The van der Waals surface area contributed by atoms with Crippen molar-refractivity contribution in [3.8, 4) is 0 Å². The molecule has 1 aliphatic carbocycles. The van der Waals surface area contributed by atoms with Gasteiger partial charge in [-0.1, -0.05) is 11.6 Å². The SMILES string of the molecule is COC[C@H]1C[C@@H](Nc2ncncc2C(=O)c2ccn(Cc3ccc(Cl)s3)c2)[C@@H](F)[C@@H]1O. The van der Waals surface area contributed by atoms with Crippen LogP contribution in [0.2, 0.25) is 4.34 Å². The quantitative estimate of drug-likeness (QED) is 0.496. The highest BCUT2D eigenvalue weighted by molar-refractivity contribution is 7.16. The zero-order valence-corrected chi connectivity index (χ0v) is 18.3. The van der Waals surface area contributed by atoms with Gasteiger partial charge in [-0.15, -0.1) is 11.3 Å². The summed E-state index contributed by atoms with van der Waals surface area (Å²) < 4.78 is 22.3. The van der Waals surface area contributed by atoms with E-state index in [-0.39, 0.29) is 29.7 Å². The smallest absolute Gasteiger partial charge is 0.199 e. The number of hydrogen-bond donors (Lipinski definition) is 2. The normalized spacial score (nSPS) is 23.2. The molecule has 3 aromatic heterocycles. The van der Waals surface area contributed by atoms with Crippen LogP contribution in [0.15, 0.2) is 43.1 Å². The van der Waals surface area contributed by atoms with Gasteiger partial charge in [0.2, 0.25) is 0 Å². The molecule has 0 radical (unpaired) electrons. The molecule has 164 valence electrons. The zero-order valence-electron chi connectivity index (χ0n) is 16.7. The Morgan fingerprint density at radius 3 is 3.03 bits per heavy atom. The number of ether oxygens (including phenoxy) is 1. The van der Waals surface area contributed by atoms with E-state index in [0.717, 1.165) is 4.88 Å². The zero-order chi connectivity index (χ0) is 22.0. The van der Waals surface area contributed by atoms with Gasteiger partial charge in [-0.3, -0.25) is 4.79 Å². The number of aliphatic hydroxyl groups excluding tert-OH is 1. The van der Waals surface area contributed by atoms with E-state index in [9.17, 15) is 14.3 Å². The lowest BCUT2D eigenvalue weighted by atomic mass is 10.1. The predicted molar refractivity (Wildman–Crippen MR) is 117 cm³/mol. The maximum absolute atomic E-state index is 14.6. The van der Waals surface area contributed by atoms with Gasteiger partial charge in [0.15, 0.2) is 5.78 Å². The Hall–Kier alpha value is -2.33. The first-order valence-electron chi connectivity index (χ1n) is 9.78. The molecule has 0 saturated heterocycles. The molecule has 4 rings (SSSR count). The van der Waals surface area contributed by atoms with Crippen LogP contribution in [0.25, 0.3) is 0 Å². The molecule has 4 atom stereocenters. The summed E-state index contributed by atoms with van der Waals surface area (Å²) >= 11 is 7.47. The fraction of sp³-hybridized carbons (Fsp3) is 0.381. The van der Waals surface area contributed by atoms with Crippen molar-refractivity contribution in [2.24, 2.45) is 5.92 Å². The van der Waals surface area contributed by atoms with Crippen LogP contribution >= 0.6 is 22.9 Å². The third kappa shape index (κ3) is 4.79. The van der Waals surface area contributed by atoms with Crippen LogP contribution < -0.4 is 5.32 Å². The summed E-state index contributed by atoms with van der Waals surface area (Å²) in [4.78, 5) is 22.3. The fourth-order valence-corrected chi connectivity index (χ4v) is 4.94. The largest absolute Gasteiger partial charge is 0.390 e. The summed E-state index contributed by atoms with van der Waals surface area (Å²) in [6.45, 7) is 0.865. The molecule has 3 heterocycles. The number of carbonyl (C=O) groups excluding carboxylic acids is 1. The summed E-state index contributed by atoms with van der Waals surface area (Å²) in [5.74, 6) is -0.345. The minimum absolute atomic E-state index is 0.246. The Kier molecular flexibility index (Phi) is 6.66. The molecule has 0 unspecified atom stereocenters. The lowest BCUT2D eigenvalue weighted by molar-refractivity contribution is 0.0324. The van der Waals surface area contributed by atoms with E-state index in [2.05, 4.69) is 15.3 Å². The molecule has 2 N–H and O–H groups in total. The molecule has 10 heteroatoms. The Bertz CT molecular complexity index is 1060. The maximum Gasteiger partial charge on any atom is 0.199 e. The van der Waals surface area contributed by atoms with E-state index in [1.54, 1.807) is 12.3 Å². The predicted octanol–water partition coefficient (Wildman–Crippen LogP) is 3.42. The van der Waals surface area contributed by atoms with Crippen molar-refractivity contribution in [1.82, 2.24) is 14.5 Å². The summed E-state index contributed by atoms with van der Waals surface area (Å²) in [5, 5.41) is 13.1. The Morgan fingerprint density at radius 1 is 1.45 bits per heavy atom. The molecular formula is C21H22ClFN4O3S. The van der Waals surface area contributed by atoms with Gasteiger partial charge >= 0.3 is 0 Å². The van der Waals surface area contributed by atoms with Crippen molar-refractivity contribution in [3.63, 3.8) is 0 Å². The van der Waals surface area contributed by atoms with Crippen LogP contribution in [0.5, 0.6) is 0 Å². The molecule has 31 heavy (non-hydrogen) atoms. The molecule has 0 aromatic carbocycles. The number of nitrogens with zero attached hydrogens (tertiary/aromatic N) is 3. The summed E-state index contributed by atoms with van der Waals surface area (Å²) in [6, 6.07) is 4.83. The van der Waals surface area contributed by atoms with Crippen molar-refractivity contribution in [2.75, 3.05) is 19.0 Å². The van der Waals surface area contributed by atoms with Crippen LogP contribution in [0.4, 0.5) is 10.2 Å². The summed E-state index contributed by atoms with van der Waals surface area (Å²) in [6.07, 6.45) is 4.04. The molecule has 0 amide bonds. The molecule has 3 aromatic rings. The van der Waals surface area contributed by atoms with E-state index in [4.69, 9.17) is 16.3 Å². The number of halogens is 2. The number of ketones is 1. The average Bonchev–Trinajstić information content (AvgIpc) is 3.46. The highest BCUT2D eigenvalue weighted by Crippen LogP contribution is 2.32. The van der Waals surface area contributed by atoms with Crippen molar-refractivity contribution in [2.45, 2.75) is 31.3 Å². The van der Waals surface area contributed by atoms with Gasteiger partial charge in [0.05, 0.1) is 35.2 Å². The number of carbonyl (C=O) groups is 1. The molecule has 7 nitrogen and oxygen atoms in total. The van der Waals surface area contributed by atoms with Gasteiger partial charge in [0, 0.05) is 42.1 Å². The van der Waals surface area contributed by atoms with Crippen LogP contribution in [0.1, 0.15) is 27.2 Å². The number of rotatable bonds is 8. The molecular weight excluding hydrogens is 443 g/mol. The summed E-state index contributed by atoms with van der Waals surface area (Å²) in [5.41, 5.74) is 0.720. The second kappa shape index (κ2) is 9.44. The molecule has 1 fully saturated rings. The van der Waals surface area contributed by atoms with Gasteiger partial charge < -0.3 is 19.7 Å². The van der Waals surface area contributed by atoms with Crippen LogP contribution in [-0.2, 0) is 11.3 Å². The third-order valence-corrected chi connectivity index (χ3v) is 6.61. The second-order valence-electron chi connectivity index (χ2n) is 7.53. The Balaban J connectivity index is 1.50. The van der Waals surface area contributed by atoms with Crippen LogP contribution in [-0.4, -0.2) is 57.5 Å². The maximum atomic E-state index is 14.6. The Morgan fingerprint density at radius 2 is 2.29 bits per heavy atom. The second-order valence-corrected chi connectivity index (χ2v) is 9.33. The number of aliphatic hydroxyl groups is 1. The van der Waals surface area contributed by atoms with E-state index >= 15 is 0 Å². The fourth-order valence-electron chi connectivity index (χ4n) is 3.84. The van der Waals surface area contributed by atoms with E-state index in [0.29, 0.717) is 22.9 Å². The van der Waals surface area contributed by atoms with Crippen LogP contribution in [0, 0.1) is 5.92 Å². The number of thiophene rings is 1. The first-order chi connectivity index (χ1) is 15.0. The minimum atomic E-state index is -1.49. The van der Waals surface area contributed by atoms with Gasteiger partial charge in [-0.25, -0.2) is 14.4 Å². The highest BCUT2D eigenvalue weighted by atomic mass is 35.5. The molecule has 0 spiro atoms. The number of anilines is 1. The van der Waals surface area contributed by atoms with Crippen molar-refractivity contribution < 1.29 is 19.0 Å². The number of hydrogen-bond acceptors (Lipinski definition) is 7. The third-order valence-electron chi connectivity index (χ3n) is 5.39. The number of alkyl halides is 1. The van der Waals surface area contributed by atoms with E-state index < -0.39 is 18.3 Å². The standard InChI is InChI=1S/C21H22ClFN4O3S/c1-30-10-13-6-16(18(23)20(13)29)26-21-15(7-24-11-25-21)19(28)12-4-5-27(8-12)9-14-2-3-17(22)31-14/h2-5,7-8,11,13,16,18,20,29H,6,9-10H2,1H3,(H,24,25,26)/t13-,16-,18-,20-/m1/s1. The lowest BCUT2D eigenvalue weighted by Crippen LogP contribution is -2.32. The van der Waals surface area contributed by atoms with Gasteiger partial charge in [-0.2, -0.15) is 0 Å². The van der Waals surface area contributed by atoms with Crippen molar-refractivity contribution in [3.05, 3.63) is 63.5 Å². The van der Waals surface area contributed by atoms with Crippen molar-refractivity contribution in [1.29, 1.82) is 0 Å². The minimum Gasteiger partial charge on any atom is -0.390 e. The van der Waals surface area contributed by atoms with Crippen molar-refractivity contribution >= 4 is 34.5 Å². The highest BCUT2D eigenvalue weighted by Gasteiger charge is 2.43. The first kappa shape index (κ1) is 21.9. The first-order valence-corrected chi connectivity index (χ1v) is 11.0. The van der Waals surface area contributed by atoms with Crippen LogP contribution in [0.3, 0.4) is 0 Å². The van der Waals surface area contributed by atoms with E-state index in [1.165, 1.54) is 31.0 Å². The van der Waals surface area contributed by atoms with Gasteiger partial charge in [0.25, 0.3) is 0 Å². The molecule has 1 aliphatic rings. The number of nitrogens with one attached hydrogen (secondary N) is 1. The molecule has 1 saturated carbocycles.